The van der Waals surface area contributed by atoms with Crippen molar-refractivity contribution in [3.05, 3.63) is 30.5 Å². The van der Waals surface area contributed by atoms with Crippen LogP contribution in [-0.4, -0.2) is 58.0 Å². The number of rotatable bonds is 2. The number of thioether (sulfide) groups is 1. The zero-order chi connectivity index (χ0) is 15.6. The molecule has 4 rings (SSSR count). The van der Waals surface area contributed by atoms with Crippen molar-refractivity contribution in [3.8, 4) is 0 Å². The van der Waals surface area contributed by atoms with Gasteiger partial charge in [-0.2, -0.15) is 11.8 Å². The number of carbonyl (C=O) groups is 1. The van der Waals surface area contributed by atoms with E-state index in [2.05, 4.69) is 9.88 Å². The van der Waals surface area contributed by atoms with Crippen LogP contribution >= 0.6 is 11.8 Å². The molecule has 3 heterocycles. The highest BCUT2D eigenvalue weighted by Crippen LogP contribution is 2.26. The Labute approximate surface area is 140 Å². The summed E-state index contributed by atoms with van der Waals surface area (Å²) in [4.78, 5) is 26.3. The number of benzene rings is 1. The van der Waals surface area contributed by atoms with Gasteiger partial charge in [-0.1, -0.05) is 12.1 Å². The number of anilines is 1. The van der Waals surface area contributed by atoms with Crippen molar-refractivity contribution in [2.75, 3.05) is 36.0 Å². The van der Waals surface area contributed by atoms with E-state index in [1.165, 1.54) is 0 Å². The van der Waals surface area contributed by atoms with E-state index >= 15 is 0 Å². The minimum absolute atomic E-state index is 0.0754. The number of hydrogen-bond acceptors (Lipinski definition) is 5. The second-order valence-electron chi connectivity index (χ2n) is 6.01. The molecule has 2 aliphatic heterocycles. The maximum absolute atomic E-state index is 12.9. The lowest BCUT2D eigenvalue weighted by molar-refractivity contribution is -0.132. The molecule has 0 bridgehead atoms. The van der Waals surface area contributed by atoms with Crippen LogP contribution in [0.1, 0.15) is 12.8 Å². The van der Waals surface area contributed by atoms with Crippen molar-refractivity contribution in [2.45, 2.75) is 18.9 Å². The topological polar surface area (TPSA) is 49.3 Å². The van der Waals surface area contributed by atoms with Gasteiger partial charge in [0, 0.05) is 31.1 Å². The van der Waals surface area contributed by atoms with Crippen LogP contribution in [0.3, 0.4) is 0 Å². The summed E-state index contributed by atoms with van der Waals surface area (Å²) in [5.41, 5.74) is 1.78. The molecule has 120 valence electrons. The molecule has 1 atom stereocenters. The van der Waals surface area contributed by atoms with Crippen LogP contribution < -0.4 is 4.90 Å². The predicted octanol–water partition coefficient (Wildman–Crippen LogP) is 2.17. The van der Waals surface area contributed by atoms with Crippen molar-refractivity contribution in [1.29, 1.82) is 0 Å². The Balaban J connectivity index is 1.59. The normalized spacial score (nSPS) is 21.8. The smallest absolute Gasteiger partial charge is 0.245 e. The van der Waals surface area contributed by atoms with Crippen molar-refractivity contribution in [3.63, 3.8) is 0 Å². The van der Waals surface area contributed by atoms with Crippen LogP contribution in [0.4, 0.5) is 5.82 Å². The highest BCUT2D eigenvalue weighted by atomic mass is 32.2. The van der Waals surface area contributed by atoms with Gasteiger partial charge in [-0.15, -0.1) is 0 Å². The summed E-state index contributed by atoms with van der Waals surface area (Å²) in [6.45, 7) is 2.63. The fourth-order valence-electron chi connectivity index (χ4n) is 3.38. The van der Waals surface area contributed by atoms with Crippen molar-refractivity contribution in [2.24, 2.45) is 0 Å². The van der Waals surface area contributed by atoms with E-state index in [4.69, 9.17) is 4.98 Å². The molecule has 23 heavy (non-hydrogen) atoms. The summed E-state index contributed by atoms with van der Waals surface area (Å²) in [6.07, 6.45) is 3.75. The Hall–Kier alpha value is -1.82. The minimum Gasteiger partial charge on any atom is -0.343 e. The van der Waals surface area contributed by atoms with Crippen molar-refractivity contribution < 1.29 is 4.79 Å². The quantitative estimate of drug-likeness (QED) is 0.846. The van der Waals surface area contributed by atoms with Gasteiger partial charge in [0.2, 0.25) is 5.91 Å². The summed E-state index contributed by atoms with van der Waals surface area (Å²) >= 11 is 1.93. The highest BCUT2D eigenvalue weighted by Gasteiger charge is 2.35. The van der Waals surface area contributed by atoms with Gasteiger partial charge in [0.15, 0.2) is 0 Å². The van der Waals surface area contributed by atoms with Gasteiger partial charge >= 0.3 is 0 Å². The number of fused-ring (bicyclic) bond motifs is 1. The maximum Gasteiger partial charge on any atom is 0.245 e. The van der Waals surface area contributed by atoms with Crippen LogP contribution in [0.25, 0.3) is 11.0 Å². The summed E-state index contributed by atoms with van der Waals surface area (Å²) < 4.78 is 0. The molecule has 5 nitrogen and oxygen atoms in total. The number of amides is 1. The SMILES string of the molecule is O=C([C@@H]1CCCN1c1cnc2ccccc2n1)N1CCSCC1. The number of para-hydroxylation sites is 2. The van der Waals surface area contributed by atoms with E-state index in [9.17, 15) is 4.79 Å². The Kier molecular flexibility index (Phi) is 4.08. The van der Waals surface area contributed by atoms with E-state index in [0.29, 0.717) is 0 Å². The zero-order valence-corrected chi connectivity index (χ0v) is 13.8. The molecule has 0 aliphatic carbocycles. The van der Waals surface area contributed by atoms with Gasteiger partial charge in [0.05, 0.1) is 17.2 Å². The first-order valence-corrected chi connectivity index (χ1v) is 9.33. The molecule has 0 radical (unpaired) electrons. The van der Waals surface area contributed by atoms with Gasteiger partial charge in [0.1, 0.15) is 11.9 Å². The van der Waals surface area contributed by atoms with Gasteiger partial charge in [-0.05, 0) is 25.0 Å². The number of carbonyl (C=O) groups excluding carboxylic acids is 1. The first-order valence-electron chi connectivity index (χ1n) is 8.18. The molecule has 0 saturated carbocycles. The lowest BCUT2D eigenvalue weighted by Crippen LogP contribution is -2.48. The third kappa shape index (κ3) is 2.87. The fourth-order valence-corrected chi connectivity index (χ4v) is 4.28. The Morgan fingerprint density at radius 1 is 1.13 bits per heavy atom. The van der Waals surface area contributed by atoms with E-state index < -0.39 is 0 Å². The second-order valence-corrected chi connectivity index (χ2v) is 7.23. The molecule has 1 amide bonds. The molecular weight excluding hydrogens is 308 g/mol. The molecule has 2 saturated heterocycles. The third-order valence-electron chi connectivity index (χ3n) is 4.59. The van der Waals surface area contributed by atoms with Crippen LogP contribution in [0.2, 0.25) is 0 Å². The molecule has 0 N–H and O–H groups in total. The molecule has 2 aliphatic rings. The standard InChI is InChI=1S/C17H20N4OS/c22-17(20-8-10-23-11-9-20)15-6-3-7-21(15)16-12-18-13-4-1-2-5-14(13)19-16/h1-2,4-5,12,15H,3,6-11H2/t15-/m0/s1. The predicted molar refractivity (Wildman–Crippen MR) is 93.8 cm³/mol. The molecule has 6 heteroatoms. The first kappa shape index (κ1) is 14.8. The summed E-state index contributed by atoms with van der Waals surface area (Å²) in [6, 6.07) is 7.80. The molecule has 1 aromatic heterocycles. The van der Waals surface area contributed by atoms with Crippen LogP contribution in [-0.2, 0) is 4.79 Å². The molecule has 1 aromatic carbocycles. The third-order valence-corrected chi connectivity index (χ3v) is 5.53. The summed E-state index contributed by atoms with van der Waals surface area (Å²) in [5, 5.41) is 0. The highest BCUT2D eigenvalue weighted by molar-refractivity contribution is 7.99. The molecule has 2 fully saturated rings. The Morgan fingerprint density at radius 3 is 2.74 bits per heavy atom. The average molecular weight is 328 g/mol. The molecule has 0 unspecified atom stereocenters. The monoisotopic (exact) mass is 328 g/mol. The van der Waals surface area contributed by atoms with Gasteiger partial charge in [-0.25, -0.2) is 4.98 Å². The zero-order valence-electron chi connectivity index (χ0n) is 13.0. The van der Waals surface area contributed by atoms with E-state index in [0.717, 1.165) is 60.8 Å². The minimum atomic E-state index is -0.0754. The Morgan fingerprint density at radius 2 is 1.91 bits per heavy atom. The average Bonchev–Trinajstić information content (AvgIpc) is 3.11. The van der Waals surface area contributed by atoms with E-state index in [1.807, 2.05) is 40.9 Å². The lowest BCUT2D eigenvalue weighted by atomic mass is 10.2. The van der Waals surface area contributed by atoms with Crippen molar-refractivity contribution in [1.82, 2.24) is 14.9 Å². The van der Waals surface area contributed by atoms with Crippen LogP contribution in [0, 0.1) is 0 Å². The Bertz CT molecular complexity index is 717. The number of hydrogen-bond donors (Lipinski definition) is 0. The van der Waals surface area contributed by atoms with Gasteiger partial charge < -0.3 is 9.80 Å². The number of aromatic nitrogens is 2. The molecule has 2 aromatic rings. The number of nitrogens with zero attached hydrogens (tertiary/aromatic N) is 4. The van der Waals surface area contributed by atoms with Gasteiger partial charge in [0.25, 0.3) is 0 Å². The summed E-state index contributed by atoms with van der Waals surface area (Å²) in [7, 11) is 0. The van der Waals surface area contributed by atoms with Crippen molar-refractivity contribution >= 4 is 34.5 Å². The van der Waals surface area contributed by atoms with Gasteiger partial charge in [-0.3, -0.25) is 9.78 Å². The maximum atomic E-state index is 12.9. The largest absolute Gasteiger partial charge is 0.343 e. The van der Waals surface area contributed by atoms with Crippen LogP contribution in [0.15, 0.2) is 30.5 Å². The second kappa shape index (κ2) is 6.35. The molecule has 0 spiro atoms. The molecular formula is C17H20N4OS. The first-order chi connectivity index (χ1) is 11.3. The van der Waals surface area contributed by atoms with E-state index in [1.54, 1.807) is 6.20 Å². The van der Waals surface area contributed by atoms with Crippen LogP contribution in [0.5, 0.6) is 0 Å². The van der Waals surface area contributed by atoms with E-state index in [-0.39, 0.29) is 11.9 Å². The fraction of sp³-hybridized carbons (Fsp3) is 0.471. The summed E-state index contributed by atoms with van der Waals surface area (Å²) in [5.74, 6) is 3.19. The lowest BCUT2D eigenvalue weighted by Gasteiger charge is -2.32.